The summed E-state index contributed by atoms with van der Waals surface area (Å²) in [5, 5.41) is 9.15. The van der Waals surface area contributed by atoms with Crippen molar-refractivity contribution in [2.24, 2.45) is 0 Å². The van der Waals surface area contributed by atoms with Gasteiger partial charge in [-0.15, -0.1) is 6.42 Å². The maximum absolute atomic E-state index is 9.15. The zero-order chi connectivity index (χ0) is 14.3. The van der Waals surface area contributed by atoms with Crippen LogP contribution in [0.1, 0.15) is 39.0 Å². The van der Waals surface area contributed by atoms with Gasteiger partial charge >= 0.3 is 7.12 Å². The van der Waals surface area contributed by atoms with Crippen molar-refractivity contribution in [3.05, 3.63) is 23.5 Å². The molecule has 2 heterocycles. The third-order valence-corrected chi connectivity index (χ3v) is 3.71. The maximum atomic E-state index is 9.15. The van der Waals surface area contributed by atoms with Gasteiger partial charge < -0.3 is 9.31 Å². The van der Waals surface area contributed by atoms with E-state index in [1.807, 2.05) is 27.7 Å². The summed E-state index contributed by atoms with van der Waals surface area (Å²) in [4.78, 5) is 4.00. The molecule has 0 aromatic carbocycles. The molecule has 1 aliphatic heterocycles. The molecule has 1 aliphatic rings. The molecule has 1 aromatic heterocycles. The first-order valence-corrected chi connectivity index (χ1v) is 6.03. The Balaban J connectivity index is 2.45. The molecule has 5 heteroatoms. The van der Waals surface area contributed by atoms with Crippen LogP contribution in [0.4, 0.5) is 0 Å². The average Bonchev–Trinajstić information content (AvgIpc) is 2.57. The molecule has 0 N–H and O–H groups in total. The Morgan fingerprint density at radius 1 is 1.26 bits per heavy atom. The number of nitriles is 1. The fourth-order valence-corrected chi connectivity index (χ4v) is 1.81. The molecule has 0 aliphatic carbocycles. The summed E-state index contributed by atoms with van der Waals surface area (Å²) in [6.07, 6.45) is 6.79. The van der Waals surface area contributed by atoms with E-state index in [4.69, 9.17) is 21.0 Å². The van der Waals surface area contributed by atoms with E-state index in [0.717, 1.165) is 0 Å². The molecule has 1 fully saturated rings. The summed E-state index contributed by atoms with van der Waals surface area (Å²) >= 11 is 0. The Kier molecular flexibility index (Phi) is 3.14. The summed E-state index contributed by atoms with van der Waals surface area (Å²) in [5.74, 6) is 2.45. The molecule has 0 atom stereocenters. The highest BCUT2D eigenvalue weighted by Gasteiger charge is 2.52. The van der Waals surface area contributed by atoms with Crippen LogP contribution in [0.2, 0.25) is 0 Å². The van der Waals surface area contributed by atoms with Crippen LogP contribution in [0.15, 0.2) is 12.3 Å². The number of terminal acetylenes is 1. The molecule has 0 radical (unpaired) electrons. The van der Waals surface area contributed by atoms with Gasteiger partial charge in [0.05, 0.1) is 16.8 Å². The van der Waals surface area contributed by atoms with Gasteiger partial charge in [0.1, 0.15) is 11.8 Å². The second kappa shape index (κ2) is 4.38. The van der Waals surface area contributed by atoms with Crippen molar-refractivity contribution < 1.29 is 9.31 Å². The molecule has 96 valence electrons. The fraction of sp³-hybridized carbons (Fsp3) is 0.429. The van der Waals surface area contributed by atoms with Gasteiger partial charge in [-0.1, -0.05) is 5.92 Å². The largest absolute Gasteiger partial charge is 0.496 e. The van der Waals surface area contributed by atoms with Gasteiger partial charge in [-0.25, -0.2) is 4.98 Å². The van der Waals surface area contributed by atoms with Crippen LogP contribution in [-0.4, -0.2) is 23.3 Å². The average molecular weight is 254 g/mol. The van der Waals surface area contributed by atoms with Gasteiger partial charge in [0.2, 0.25) is 0 Å². The second-order valence-electron chi connectivity index (χ2n) is 5.50. The first kappa shape index (κ1) is 13.6. The van der Waals surface area contributed by atoms with Crippen molar-refractivity contribution in [3.63, 3.8) is 0 Å². The molecule has 0 unspecified atom stereocenters. The van der Waals surface area contributed by atoms with Crippen molar-refractivity contribution >= 4 is 12.6 Å². The van der Waals surface area contributed by atoms with Crippen molar-refractivity contribution in [2.45, 2.75) is 38.9 Å². The summed E-state index contributed by atoms with van der Waals surface area (Å²) in [5.41, 5.74) is 0.596. The Morgan fingerprint density at radius 3 is 2.32 bits per heavy atom. The van der Waals surface area contributed by atoms with E-state index in [1.165, 1.54) is 6.20 Å². The minimum absolute atomic E-state index is 0.414. The predicted molar refractivity (Wildman–Crippen MR) is 72.6 cm³/mol. The smallest absolute Gasteiger partial charge is 0.399 e. The van der Waals surface area contributed by atoms with Crippen LogP contribution in [0.3, 0.4) is 0 Å². The van der Waals surface area contributed by atoms with E-state index < -0.39 is 18.3 Å². The summed E-state index contributed by atoms with van der Waals surface area (Å²) < 4.78 is 11.8. The summed E-state index contributed by atoms with van der Waals surface area (Å²) in [7, 11) is -0.602. The van der Waals surface area contributed by atoms with Crippen LogP contribution in [0, 0.1) is 23.7 Å². The zero-order valence-electron chi connectivity index (χ0n) is 11.5. The van der Waals surface area contributed by atoms with E-state index in [-0.39, 0.29) is 0 Å². The first-order valence-electron chi connectivity index (χ1n) is 6.03. The van der Waals surface area contributed by atoms with Gasteiger partial charge in [-0.3, -0.25) is 0 Å². The molecule has 4 nitrogen and oxygen atoms in total. The van der Waals surface area contributed by atoms with Gasteiger partial charge in [0.25, 0.3) is 0 Å². The number of pyridine rings is 1. The van der Waals surface area contributed by atoms with E-state index in [2.05, 4.69) is 17.0 Å². The van der Waals surface area contributed by atoms with Crippen LogP contribution in [-0.2, 0) is 9.31 Å². The molecular formula is C14H15BN2O2. The highest BCUT2D eigenvalue weighted by atomic mass is 16.7. The van der Waals surface area contributed by atoms with Crippen LogP contribution in [0.5, 0.6) is 0 Å². The Hall–Kier alpha value is -1.82. The fourth-order valence-electron chi connectivity index (χ4n) is 1.81. The lowest BCUT2D eigenvalue weighted by molar-refractivity contribution is 0.00578. The van der Waals surface area contributed by atoms with Crippen molar-refractivity contribution in [1.82, 2.24) is 4.98 Å². The molecule has 0 bridgehead atoms. The Labute approximate surface area is 113 Å². The van der Waals surface area contributed by atoms with Crippen molar-refractivity contribution in [2.75, 3.05) is 0 Å². The lowest BCUT2D eigenvalue weighted by atomic mass is 9.76. The molecule has 2 rings (SSSR count). The lowest BCUT2D eigenvalue weighted by Crippen LogP contribution is -2.41. The standard InChI is InChI=1S/C14H15BN2O2/c1-6-11-7-12(10(8-16)9-17-11)15-18-13(2,3)14(4,5)19-15/h1,7,9H,2-5H3. The first-order chi connectivity index (χ1) is 8.80. The Morgan fingerprint density at radius 2 is 1.84 bits per heavy atom. The third-order valence-electron chi connectivity index (χ3n) is 3.71. The van der Waals surface area contributed by atoms with Crippen LogP contribution >= 0.6 is 0 Å². The molecule has 1 saturated heterocycles. The third kappa shape index (κ3) is 2.23. The van der Waals surface area contributed by atoms with Gasteiger partial charge in [0, 0.05) is 11.7 Å². The van der Waals surface area contributed by atoms with Crippen LogP contribution in [0.25, 0.3) is 0 Å². The highest BCUT2D eigenvalue weighted by molar-refractivity contribution is 6.62. The lowest BCUT2D eigenvalue weighted by Gasteiger charge is -2.32. The van der Waals surface area contributed by atoms with Crippen molar-refractivity contribution in [3.8, 4) is 18.4 Å². The van der Waals surface area contributed by atoms with Gasteiger partial charge in [-0.05, 0) is 33.8 Å². The Bertz CT molecular complexity index is 580. The van der Waals surface area contributed by atoms with Crippen molar-refractivity contribution in [1.29, 1.82) is 5.26 Å². The second-order valence-corrected chi connectivity index (χ2v) is 5.50. The maximum Gasteiger partial charge on any atom is 0.496 e. The molecule has 0 saturated carbocycles. The quantitative estimate of drug-likeness (QED) is 0.558. The number of nitrogens with zero attached hydrogens (tertiary/aromatic N) is 2. The van der Waals surface area contributed by atoms with Gasteiger partial charge in [-0.2, -0.15) is 5.26 Å². The summed E-state index contributed by atoms with van der Waals surface area (Å²) in [6.45, 7) is 7.84. The SMILES string of the molecule is C#Cc1cc(B2OC(C)(C)C(C)(C)O2)c(C#N)cn1. The topological polar surface area (TPSA) is 55.1 Å². The minimum atomic E-state index is -0.602. The number of hydrogen-bond donors (Lipinski definition) is 0. The predicted octanol–water partition coefficient (Wildman–Crippen LogP) is 1.23. The minimum Gasteiger partial charge on any atom is -0.399 e. The monoisotopic (exact) mass is 254 g/mol. The van der Waals surface area contributed by atoms with E-state index >= 15 is 0 Å². The van der Waals surface area contributed by atoms with Gasteiger partial charge in [0.15, 0.2) is 0 Å². The van der Waals surface area contributed by atoms with E-state index in [9.17, 15) is 0 Å². The highest BCUT2D eigenvalue weighted by Crippen LogP contribution is 2.36. The van der Waals surface area contributed by atoms with E-state index in [0.29, 0.717) is 16.7 Å². The zero-order valence-corrected chi connectivity index (χ0v) is 11.5. The normalized spacial score (nSPS) is 19.8. The molecular weight excluding hydrogens is 239 g/mol. The molecule has 0 spiro atoms. The van der Waals surface area contributed by atoms with Crippen LogP contribution < -0.4 is 5.46 Å². The molecule has 19 heavy (non-hydrogen) atoms. The summed E-state index contributed by atoms with van der Waals surface area (Å²) in [6, 6.07) is 3.75. The number of rotatable bonds is 1. The number of hydrogen-bond acceptors (Lipinski definition) is 4. The van der Waals surface area contributed by atoms with E-state index in [1.54, 1.807) is 6.07 Å². The molecule has 1 aromatic rings. The number of aromatic nitrogens is 1. The molecule has 0 amide bonds.